The highest BCUT2D eigenvalue weighted by Gasteiger charge is 2.33. The van der Waals surface area contributed by atoms with Crippen molar-refractivity contribution >= 4 is 12.0 Å². The topological polar surface area (TPSA) is 67.9 Å². The number of carbonyl (C=O) groups excluding carboxylic acids is 2. The molecule has 0 radical (unpaired) electrons. The van der Waals surface area contributed by atoms with Crippen LogP contribution in [0.5, 0.6) is 0 Å². The standard InChI is InChI=1S/C8H14N2O4/c1-9-8(12)10-3-4-14-5-6(10)7(11)13-2/h6H,3-5H2,1-2H3,(H,9,12). The molecule has 80 valence electrons. The molecule has 0 saturated carbocycles. The van der Waals surface area contributed by atoms with Gasteiger partial charge in [-0.2, -0.15) is 0 Å². The van der Waals surface area contributed by atoms with Crippen molar-refractivity contribution in [1.29, 1.82) is 0 Å². The maximum absolute atomic E-state index is 11.3. The van der Waals surface area contributed by atoms with Crippen molar-refractivity contribution in [1.82, 2.24) is 10.2 Å². The van der Waals surface area contributed by atoms with E-state index in [2.05, 4.69) is 10.1 Å². The van der Waals surface area contributed by atoms with Gasteiger partial charge in [0.15, 0.2) is 6.04 Å². The molecule has 1 aliphatic heterocycles. The smallest absolute Gasteiger partial charge is 0.331 e. The summed E-state index contributed by atoms with van der Waals surface area (Å²) in [7, 11) is 2.81. The van der Waals surface area contributed by atoms with Crippen molar-refractivity contribution in [3.05, 3.63) is 0 Å². The second kappa shape index (κ2) is 4.80. The van der Waals surface area contributed by atoms with Crippen molar-refractivity contribution in [3.63, 3.8) is 0 Å². The molecule has 0 aromatic rings. The van der Waals surface area contributed by atoms with Crippen LogP contribution in [0.1, 0.15) is 0 Å². The Labute approximate surface area is 82.1 Å². The normalized spacial score (nSPS) is 21.6. The molecule has 2 amide bonds. The summed E-state index contributed by atoms with van der Waals surface area (Å²) in [6, 6.07) is -0.919. The molecule has 1 aliphatic rings. The Morgan fingerprint density at radius 1 is 1.57 bits per heavy atom. The molecule has 0 aromatic carbocycles. The number of nitrogens with zero attached hydrogens (tertiary/aromatic N) is 1. The third kappa shape index (κ3) is 2.14. The van der Waals surface area contributed by atoms with E-state index < -0.39 is 12.0 Å². The van der Waals surface area contributed by atoms with E-state index in [1.165, 1.54) is 19.1 Å². The number of nitrogens with one attached hydrogen (secondary N) is 1. The molecule has 14 heavy (non-hydrogen) atoms. The van der Waals surface area contributed by atoms with Gasteiger partial charge < -0.3 is 19.7 Å². The first-order chi connectivity index (χ1) is 6.70. The Morgan fingerprint density at radius 2 is 2.29 bits per heavy atom. The number of hydrogen-bond donors (Lipinski definition) is 1. The molecule has 0 spiro atoms. The fourth-order valence-electron chi connectivity index (χ4n) is 1.32. The van der Waals surface area contributed by atoms with Gasteiger partial charge in [0.05, 0.1) is 20.3 Å². The molecule has 1 unspecified atom stereocenters. The highest BCUT2D eigenvalue weighted by molar-refractivity contribution is 5.83. The number of morpholine rings is 1. The van der Waals surface area contributed by atoms with Crippen LogP contribution in [-0.2, 0) is 14.3 Å². The number of esters is 1. The quantitative estimate of drug-likeness (QED) is 0.565. The van der Waals surface area contributed by atoms with Crippen LogP contribution in [0.2, 0.25) is 0 Å². The van der Waals surface area contributed by atoms with E-state index in [4.69, 9.17) is 4.74 Å². The second-order valence-corrected chi connectivity index (χ2v) is 2.86. The monoisotopic (exact) mass is 202 g/mol. The summed E-state index contributed by atoms with van der Waals surface area (Å²) in [5.41, 5.74) is 0. The van der Waals surface area contributed by atoms with E-state index in [0.717, 1.165) is 0 Å². The lowest BCUT2D eigenvalue weighted by molar-refractivity contribution is -0.151. The lowest BCUT2D eigenvalue weighted by Gasteiger charge is -2.33. The van der Waals surface area contributed by atoms with Crippen LogP contribution < -0.4 is 5.32 Å². The molecule has 0 bridgehead atoms. The van der Waals surface area contributed by atoms with Gasteiger partial charge in [-0.25, -0.2) is 9.59 Å². The van der Waals surface area contributed by atoms with E-state index in [9.17, 15) is 9.59 Å². The summed E-state index contributed by atoms with van der Waals surface area (Å²) in [5.74, 6) is -0.451. The number of carbonyl (C=O) groups is 2. The third-order valence-corrected chi connectivity index (χ3v) is 2.08. The summed E-state index contributed by atoms with van der Waals surface area (Å²) in [4.78, 5) is 24.0. The zero-order valence-corrected chi connectivity index (χ0v) is 8.28. The molecule has 6 heteroatoms. The maximum atomic E-state index is 11.3. The van der Waals surface area contributed by atoms with Crippen molar-refractivity contribution in [2.45, 2.75) is 6.04 Å². The Morgan fingerprint density at radius 3 is 2.86 bits per heavy atom. The Balaban J connectivity index is 2.68. The zero-order valence-electron chi connectivity index (χ0n) is 8.28. The van der Waals surface area contributed by atoms with Gasteiger partial charge >= 0.3 is 12.0 Å². The van der Waals surface area contributed by atoms with E-state index in [1.54, 1.807) is 0 Å². The van der Waals surface area contributed by atoms with Gasteiger partial charge in [-0.05, 0) is 0 Å². The van der Waals surface area contributed by atoms with Gasteiger partial charge in [0.25, 0.3) is 0 Å². The van der Waals surface area contributed by atoms with Crippen molar-refractivity contribution in [2.24, 2.45) is 0 Å². The molecule has 1 saturated heterocycles. The number of methoxy groups -OCH3 is 1. The summed E-state index contributed by atoms with van der Waals surface area (Å²) < 4.78 is 9.68. The number of hydrogen-bond acceptors (Lipinski definition) is 4. The van der Waals surface area contributed by atoms with E-state index >= 15 is 0 Å². The van der Waals surface area contributed by atoms with Gasteiger partial charge in [0.2, 0.25) is 0 Å². The van der Waals surface area contributed by atoms with E-state index in [-0.39, 0.29) is 12.6 Å². The lowest BCUT2D eigenvalue weighted by atomic mass is 10.2. The summed E-state index contributed by atoms with van der Waals surface area (Å²) >= 11 is 0. The fourth-order valence-corrected chi connectivity index (χ4v) is 1.32. The average molecular weight is 202 g/mol. The summed E-state index contributed by atoms with van der Waals surface area (Å²) in [6.07, 6.45) is 0. The van der Waals surface area contributed by atoms with Crippen LogP contribution >= 0.6 is 0 Å². The predicted octanol–water partition coefficient (Wildman–Crippen LogP) is -0.800. The van der Waals surface area contributed by atoms with Crippen LogP contribution in [0, 0.1) is 0 Å². The third-order valence-electron chi connectivity index (χ3n) is 2.08. The minimum absolute atomic E-state index is 0.195. The van der Waals surface area contributed by atoms with Gasteiger partial charge in [0.1, 0.15) is 0 Å². The molecule has 1 N–H and O–H groups in total. The molecule has 1 fully saturated rings. The fraction of sp³-hybridized carbons (Fsp3) is 0.750. The first kappa shape index (κ1) is 10.8. The molecule has 6 nitrogen and oxygen atoms in total. The number of amides is 2. The van der Waals surface area contributed by atoms with Crippen LogP contribution in [0.15, 0.2) is 0 Å². The van der Waals surface area contributed by atoms with Crippen LogP contribution in [0.4, 0.5) is 4.79 Å². The van der Waals surface area contributed by atoms with Gasteiger partial charge in [-0.15, -0.1) is 0 Å². The first-order valence-corrected chi connectivity index (χ1v) is 4.34. The van der Waals surface area contributed by atoms with Crippen LogP contribution in [0.25, 0.3) is 0 Å². The van der Waals surface area contributed by atoms with Crippen molar-refractivity contribution in [2.75, 3.05) is 33.9 Å². The SMILES string of the molecule is CNC(=O)N1CCOCC1C(=O)OC. The second-order valence-electron chi connectivity index (χ2n) is 2.86. The van der Waals surface area contributed by atoms with E-state index in [0.29, 0.717) is 13.2 Å². The minimum atomic E-state index is -0.631. The van der Waals surface area contributed by atoms with E-state index in [1.807, 2.05) is 0 Å². The van der Waals surface area contributed by atoms with Gasteiger partial charge in [-0.3, -0.25) is 0 Å². The Hall–Kier alpha value is -1.30. The zero-order chi connectivity index (χ0) is 10.6. The molecule has 0 aliphatic carbocycles. The maximum Gasteiger partial charge on any atom is 0.331 e. The lowest BCUT2D eigenvalue weighted by Crippen LogP contribution is -2.55. The summed E-state index contributed by atoms with van der Waals surface area (Å²) in [5, 5.41) is 2.47. The number of urea groups is 1. The largest absolute Gasteiger partial charge is 0.467 e. The molecule has 1 atom stereocenters. The Kier molecular flexibility index (Phi) is 3.70. The molecular formula is C8H14N2O4. The minimum Gasteiger partial charge on any atom is -0.467 e. The molecule has 1 rings (SSSR count). The molecule has 0 aromatic heterocycles. The van der Waals surface area contributed by atoms with Crippen molar-refractivity contribution < 1.29 is 19.1 Å². The average Bonchev–Trinajstić information content (AvgIpc) is 2.27. The highest BCUT2D eigenvalue weighted by atomic mass is 16.5. The molecular weight excluding hydrogens is 188 g/mol. The predicted molar refractivity (Wildman–Crippen MR) is 47.8 cm³/mol. The van der Waals surface area contributed by atoms with Crippen molar-refractivity contribution in [3.8, 4) is 0 Å². The summed E-state index contributed by atoms with van der Waals surface area (Å²) in [6.45, 7) is 1.04. The highest BCUT2D eigenvalue weighted by Crippen LogP contribution is 2.08. The molecule has 1 heterocycles. The van der Waals surface area contributed by atoms with Crippen LogP contribution in [0.3, 0.4) is 0 Å². The Bertz CT molecular complexity index is 207. The number of rotatable bonds is 1. The first-order valence-electron chi connectivity index (χ1n) is 4.34. The van der Waals surface area contributed by atoms with Crippen LogP contribution in [-0.4, -0.2) is 56.9 Å². The van der Waals surface area contributed by atoms with Gasteiger partial charge in [-0.1, -0.05) is 0 Å². The number of ether oxygens (including phenoxy) is 2. The van der Waals surface area contributed by atoms with Gasteiger partial charge in [0, 0.05) is 13.6 Å².